The molecule has 4 rings (SSSR count). The number of aliphatic carboxylic acids is 1. The van der Waals surface area contributed by atoms with Gasteiger partial charge in [0.2, 0.25) is 5.91 Å². The summed E-state index contributed by atoms with van der Waals surface area (Å²) >= 11 is 1.53. The first-order valence-electron chi connectivity index (χ1n) is 9.91. The summed E-state index contributed by atoms with van der Waals surface area (Å²) in [6.45, 7) is 2.56. The van der Waals surface area contributed by atoms with Crippen molar-refractivity contribution in [3.8, 4) is 10.9 Å². The molecule has 8 heteroatoms. The maximum Gasteiger partial charge on any atom is 0.312 e. The molecular formula is C22H23N3O4S. The van der Waals surface area contributed by atoms with E-state index in [2.05, 4.69) is 27.3 Å². The van der Waals surface area contributed by atoms with E-state index in [0.29, 0.717) is 5.19 Å². The number of benzene rings is 2. The van der Waals surface area contributed by atoms with Crippen molar-refractivity contribution < 1.29 is 19.4 Å². The molecule has 0 atom stereocenters. The third-order valence-corrected chi connectivity index (χ3v) is 5.99. The van der Waals surface area contributed by atoms with Crippen molar-refractivity contribution in [1.82, 2.24) is 15.2 Å². The first-order valence-corrected chi connectivity index (χ1v) is 10.7. The van der Waals surface area contributed by atoms with E-state index >= 15 is 0 Å². The molecule has 7 nitrogen and oxygen atoms in total. The van der Waals surface area contributed by atoms with Gasteiger partial charge in [0.25, 0.3) is 5.19 Å². The zero-order valence-electron chi connectivity index (χ0n) is 16.4. The van der Waals surface area contributed by atoms with Crippen LogP contribution in [0, 0.1) is 0 Å². The van der Waals surface area contributed by atoms with E-state index in [9.17, 15) is 9.59 Å². The van der Waals surface area contributed by atoms with Crippen LogP contribution in [0.5, 0.6) is 10.9 Å². The van der Waals surface area contributed by atoms with Gasteiger partial charge in [-0.05, 0) is 42.7 Å². The highest BCUT2D eigenvalue weighted by Gasteiger charge is 2.21. The Morgan fingerprint density at radius 1 is 1.13 bits per heavy atom. The summed E-state index contributed by atoms with van der Waals surface area (Å²) in [5.74, 6) is -0.747. The molecule has 2 aromatic carbocycles. The minimum Gasteiger partial charge on any atom is -0.481 e. The maximum absolute atomic E-state index is 11.6. The summed E-state index contributed by atoms with van der Waals surface area (Å²) in [6.07, 6.45) is 1.18. The zero-order valence-corrected chi connectivity index (χ0v) is 17.2. The Hall–Kier alpha value is -2.97. The molecule has 1 aliphatic heterocycles. The normalized spacial score (nSPS) is 15.2. The number of piperidine rings is 1. The molecule has 0 spiro atoms. The lowest BCUT2D eigenvalue weighted by atomic mass is 10.0. The van der Waals surface area contributed by atoms with E-state index in [1.807, 2.05) is 36.4 Å². The number of fused-ring (bicyclic) bond motifs is 1. The number of likely N-dealkylation sites (tertiary alicyclic amines) is 1. The van der Waals surface area contributed by atoms with E-state index in [0.717, 1.165) is 48.4 Å². The lowest BCUT2D eigenvalue weighted by molar-refractivity contribution is -0.140. The minimum absolute atomic E-state index is 0.0534. The smallest absolute Gasteiger partial charge is 0.312 e. The predicted octanol–water partition coefficient (Wildman–Crippen LogP) is 3.64. The molecule has 1 fully saturated rings. The number of aromatic nitrogens is 1. The van der Waals surface area contributed by atoms with Crippen LogP contribution in [-0.2, 0) is 16.1 Å². The average molecular weight is 426 g/mol. The number of ether oxygens (including phenoxy) is 1. The van der Waals surface area contributed by atoms with Gasteiger partial charge in [0.05, 0.1) is 10.2 Å². The van der Waals surface area contributed by atoms with Crippen molar-refractivity contribution in [2.45, 2.75) is 31.8 Å². The van der Waals surface area contributed by atoms with Crippen molar-refractivity contribution in [3.05, 3.63) is 54.1 Å². The van der Waals surface area contributed by atoms with Gasteiger partial charge in [0.1, 0.15) is 12.2 Å². The molecule has 0 radical (unpaired) electrons. The molecule has 3 aromatic rings. The largest absolute Gasteiger partial charge is 0.481 e. The number of carboxylic acids is 1. The van der Waals surface area contributed by atoms with Gasteiger partial charge in [-0.25, -0.2) is 4.98 Å². The Kier molecular flexibility index (Phi) is 6.25. The molecule has 0 unspecified atom stereocenters. The van der Waals surface area contributed by atoms with Crippen LogP contribution >= 0.6 is 11.3 Å². The van der Waals surface area contributed by atoms with Crippen LogP contribution in [0.3, 0.4) is 0 Å². The number of carbonyl (C=O) groups is 2. The molecule has 1 amide bonds. The number of nitrogens with zero attached hydrogens (tertiary/aromatic N) is 2. The van der Waals surface area contributed by atoms with Crippen molar-refractivity contribution in [1.29, 1.82) is 0 Å². The Morgan fingerprint density at radius 2 is 1.87 bits per heavy atom. The Bertz CT molecular complexity index is 993. The summed E-state index contributed by atoms with van der Waals surface area (Å²) in [4.78, 5) is 29.0. The van der Waals surface area contributed by atoms with Crippen molar-refractivity contribution in [2.24, 2.45) is 0 Å². The van der Waals surface area contributed by atoms with Crippen molar-refractivity contribution in [2.75, 3.05) is 13.1 Å². The highest BCUT2D eigenvalue weighted by atomic mass is 32.1. The molecule has 2 N–H and O–H groups in total. The van der Waals surface area contributed by atoms with Crippen LogP contribution in [0.4, 0.5) is 0 Å². The summed E-state index contributed by atoms with van der Waals surface area (Å²) in [5, 5.41) is 12.1. The highest BCUT2D eigenvalue weighted by molar-refractivity contribution is 7.20. The Balaban J connectivity index is 1.26. The summed E-state index contributed by atoms with van der Waals surface area (Å²) < 4.78 is 7.00. The lowest BCUT2D eigenvalue weighted by Crippen LogP contribution is -2.44. The van der Waals surface area contributed by atoms with Gasteiger partial charge in [-0.2, -0.15) is 0 Å². The molecule has 30 heavy (non-hydrogen) atoms. The van der Waals surface area contributed by atoms with Crippen LogP contribution in [0.15, 0.2) is 48.5 Å². The number of carboxylic acid groups (broad SMARTS) is 1. The molecule has 2 heterocycles. The first-order chi connectivity index (χ1) is 14.5. The van der Waals surface area contributed by atoms with Crippen molar-refractivity contribution >= 4 is 33.4 Å². The summed E-state index contributed by atoms with van der Waals surface area (Å²) in [7, 11) is 0. The Labute approximate surface area is 178 Å². The van der Waals surface area contributed by atoms with Gasteiger partial charge in [-0.3, -0.25) is 14.5 Å². The number of thiazole rings is 1. The molecule has 0 aliphatic carbocycles. The van der Waals surface area contributed by atoms with Gasteiger partial charge in [0.15, 0.2) is 0 Å². The van der Waals surface area contributed by atoms with Crippen LogP contribution < -0.4 is 10.1 Å². The van der Waals surface area contributed by atoms with Crippen LogP contribution in [-0.4, -0.2) is 46.0 Å². The molecule has 1 aliphatic rings. The number of amides is 1. The lowest BCUT2D eigenvalue weighted by Gasteiger charge is -2.32. The number of para-hydroxylation sites is 1. The zero-order chi connectivity index (χ0) is 20.9. The van der Waals surface area contributed by atoms with Crippen LogP contribution in [0.1, 0.15) is 24.8 Å². The summed E-state index contributed by atoms with van der Waals surface area (Å²) in [5.41, 5.74) is 2.14. The fourth-order valence-electron chi connectivity index (χ4n) is 3.57. The maximum atomic E-state index is 11.6. The number of hydrogen-bond donors (Lipinski definition) is 2. The highest BCUT2D eigenvalue weighted by Crippen LogP contribution is 2.31. The molecule has 1 aromatic heterocycles. The van der Waals surface area contributed by atoms with E-state index in [4.69, 9.17) is 9.84 Å². The van der Waals surface area contributed by atoms with Crippen molar-refractivity contribution in [3.63, 3.8) is 0 Å². The van der Waals surface area contributed by atoms with Crippen LogP contribution in [0.2, 0.25) is 0 Å². The van der Waals surface area contributed by atoms with Gasteiger partial charge in [-0.1, -0.05) is 35.6 Å². The van der Waals surface area contributed by atoms with Gasteiger partial charge in [0, 0.05) is 25.7 Å². The third kappa shape index (κ3) is 5.34. The van der Waals surface area contributed by atoms with E-state index in [1.54, 1.807) is 0 Å². The molecule has 0 bridgehead atoms. The molecule has 0 saturated carbocycles. The quantitative estimate of drug-likeness (QED) is 0.562. The first kappa shape index (κ1) is 20.3. The van der Waals surface area contributed by atoms with Gasteiger partial charge < -0.3 is 15.2 Å². The molecule has 156 valence electrons. The fraction of sp³-hybridized carbons (Fsp3) is 0.318. The Morgan fingerprint density at radius 3 is 2.57 bits per heavy atom. The van der Waals surface area contributed by atoms with E-state index in [1.165, 1.54) is 16.9 Å². The second-order valence-corrected chi connectivity index (χ2v) is 8.38. The fourth-order valence-corrected chi connectivity index (χ4v) is 4.40. The SMILES string of the molecule is O=C(O)CC(=O)NC1CCN(Cc2ccc(Oc3nc4ccccc4s3)cc2)CC1. The predicted molar refractivity (Wildman–Crippen MR) is 115 cm³/mol. The molecule has 1 saturated heterocycles. The van der Waals surface area contributed by atoms with Gasteiger partial charge >= 0.3 is 5.97 Å². The van der Waals surface area contributed by atoms with Gasteiger partial charge in [-0.15, -0.1) is 0 Å². The monoisotopic (exact) mass is 425 g/mol. The number of rotatable bonds is 7. The second kappa shape index (κ2) is 9.23. The second-order valence-electron chi connectivity index (χ2n) is 7.38. The van der Waals surface area contributed by atoms with E-state index < -0.39 is 18.3 Å². The summed E-state index contributed by atoms with van der Waals surface area (Å²) in [6, 6.07) is 16.1. The number of nitrogens with one attached hydrogen (secondary N) is 1. The van der Waals surface area contributed by atoms with E-state index in [-0.39, 0.29) is 6.04 Å². The number of carbonyl (C=O) groups excluding carboxylic acids is 1. The number of hydrogen-bond acceptors (Lipinski definition) is 6. The standard InChI is InChI=1S/C22H23N3O4S/c26-20(13-21(27)28)23-16-9-11-25(12-10-16)14-15-5-7-17(8-6-15)29-22-24-18-3-1-2-4-19(18)30-22/h1-8,16H,9-14H2,(H,23,26)(H,27,28). The average Bonchev–Trinajstić information content (AvgIpc) is 3.12. The van der Waals surface area contributed by atoms with Crippen LogP contribution in [0.25, 0.3) is 10.2 Å². The topological polar surface area (TPSA) is 91.8 Å². The third-order valence-electron chi connectivity index (χ3n) is 5.07. The molecular weight excluding hydrogens is 402 g/mol. The minimum atomic E-state index is -1.10.